The van der Waals surface area contributed by atoms with E-state index in [2.05, 4.69) is 20.1 Å². The number of anilines is 1. The number of benzene rings is 2. The van der Waals surface area contributed by atoms with Crippen molar-refractivity contribution in [3.63, 3.8) is 0 Å². The third-order valence-corrected chi connectivity index (χ3v) is 5.48. The van der Waals surface area contributed by atoms with E-state index in [1.807, 2.05) is 30.3 Å². The number of para-hydroxylation sites is 2. The van der Waals surface area contributed by atoms with Crippen LogP contribution in [-0.4, -0.2) is 77.1 Å². The van der Waals surface area contributed by atoms with Crippen molar-refractivity contribution in [1.82, 2.24) is 10.2 Å². The van der Waals surface area contributed by atoms with Crippen molar-refractivity contribution in [2.24, 2.45) is 4.99 Å². The van der Waals surface area contributed by atoms with E-state index >= 15 is 0 Å². The van der Waals surface area contributed by atoms with E-state index < -0.39 is 0 Å². The Balaban J connectivity index is 0.00000363. The van der Waals surface area contributed by atoms with E-state index in [-0.39, 0.29) is 24.0 Å². The van der Waals surface area contributed by atoms with Crippen molar-refractivity contribution in [2.45, 2.75) is 6.42 Å². The van der Waals surface area contributed by atoms with E-state index in [1.54, 1.807) is 34.4 Å². The maximum atomic E-state index is 10.1. The summed E-state index contributed by atoms with van der Waals surface area (Å²) in [6.07, 6.45) is 0.750. The van der Waals surface area contributed by atoms with Gasteiger partial charge in [0.25, 0.3) is 0 Å². The predicted octanol–water partition coefficient (Wildman–Crippen LogP) is 2.98. The number of phenols is 1. The minimum Gasteiger partial charge on any atom is -0.506 e. The lowest BCUT2D eigenvalue weighted by molar-refractivity contribution is 0.322. The maximum Gasteiger partial charge on any atom is 0.203 e. The number of aromatic hydroxyl groups is 1. The van der Waals surface area contributed by atoms with Gasteiger partial charge in [0, 0.05) is 45.3 Å². The lowest BCUT2D eigenvalue weighted by Crippen LogP contribution is -2.52. The van der Waals surface area contributed by atoms with Gasteiger partial charge in [-0.25, -0.2) is 0 Å². The van der Waals surface area contributed by atoms with Gasteiger partial charge in [-0.05, 0) is 24.6 Å². The molecule has 2 aromatic rings. The van der Waals surface area contributed by atoms with Crippen LogP contribution in [0, 0.1) is 0 Å². The summed E-state index contributed by atoms with van der Waals surface area (Å²) in [6.45, 7) is 4.00. The monoisotopic (exact) mass is 556 g/mol. The highest BCUT2D eigenvalue weighted by molar-refractivity contribution is 14.0. The highest BCUT2D eigenvalue weighted by Gasteiger charge is 2.21. The number of hydrogen-bond donors (Lipinski definition) is 2. The van der Waals surface area contributed by atoms with Gasteiger partial charge < -0.3 is 34.4 Å². The van der Waals surface area contributed by atoms with Crippen LogP contribution in [0.15, 0.2) is 41.4 Å². The molecule has 0 unspecified atom stereocenters. The molecule has 176 valence electrons. The third-order valence-electron chi connectivity index (χ3n) is 5.48. The summed E-state index contributed by atoms with van der Waals surface area (Å²) in [5.74, 6) is 3.13. The molecule has 2 N–H and O–H groups in total. The number of guanidine groups is 1. The molecule has 0 amide bonds. The van der Waals surface area contributed by atoms with Crippen molar-refractivity contribution < 1.29 is 19.3 Å². The molecule has 0 bridgehead atoms. The Morgan fingerprint density at radius 3 is 2.25 bits per heavy atom. The molecule has 8 nitrogen and oxygen atoms in total. The molecule has 0 atom stereocenters. The quantitative estimate of drug-likeness (QED) is 0.309. The van der Waals surface area contributed by atoms with Crippen LogP contribution in [-0.2, 0) is 6.42 Å². The van der Waals surface area contributed by atoms with E-state index in [1.165, 1.54) is 0 Å². The molecule has 0 radical (unpaired) electrons. The van der Waals surface area contributed by atoms with Crippen LogP contribution >= 0.6 is 24.0 Å². The van der Waals surface area contributed by atoms with Crippen LogP contribution in [0.3, 0.4) is 0 Å². The average molecular weight is 556 g/mol. The molecule has 0 aromatic heterocycles. The lowest BCUT2D eigenvalue weighted by Gasteiger charge is -2.37. The molecule has 3 rings (SSSR count). The van der Waals surface area contributed by atoms with E-state index in [9.17, 15) is 5.11 Å². The fourth-order valence-corrected chi connectivity index (χ4v) is 3.89. The molecule has 32 heavy (non-hydrogen) atoms. The third kappa shape index (κ3) is 5.81. The maximum absolute atomic E-state index is 10.1. The Labute approximate surface area is 207 Å². The first-order chi connectivity index (χ1) is 15.1. The molecule has 0 spiro atoms. The Morgan fingerprint density at radius 2 is 1.66 bits per heavy atom. The summed E-state index contributed by atoms with van der Waals surface area (Å²) in [4.78, 5) is 8.89. The van der Waals surface area contributed by atoms with Gasteiger partial charge in [-0.15, -0.1) is 24.0 Å². The highest BCUT2D eigenvalue weighted by Crippen LogP contribution is 2.39. The smallest absolute Gasteiger partial charge is 0.203 e. The van der Waals surface area contributed by atoms with E-state index in [0.717, 1.165) is 49.8 Å². The van der Waals surface area contributed by atoms with Gasteiger partial charge in [0.05, 0.1) is 27.0 Å². The van der Waals surface area contributed by atoms with Crippen molar-refractivity contribution in [3.05, 3.63) is 42.0 Å². The molecule has 1 aliphatic heterocycles. The van der Waals surface area contributed by atoms with Gasteiger partial charge in [0.15, 0.2) is 17.5 Å². The Morgan fingerprint density at radius 1 is 0.969 bits per heavy atom. The molecule has 1 heterocycles. The van der Waals surface area contributed by atoms with Gasteiger partial charge in [0.2, 0.25) is 5.75 Å². The standard InChI is InChI=1S/C23H32N4O4.HI/c1-24-23(27-15-13-26(14-16-27)18-7-5-6-8-19(18)28)25-12-11-17-9-10-20(29-2)22(31-4)21(17)30-3;/h5-10,28H,11-16H2,1-4H3,(H,24,25);1H. The zero-order chi connectivity index (χ0) is 22.2. The zero-order valence-electron chi connectivity index (χ0n) is 19.1. The first-order valence-electron chi connectivity index (χ1n) is 10.4. The number of nitrogens with one attached hydrogen (secondary N) is 1. The summed E-state index contributed by atoms with van der Waals surface area (Å²) < 4.78 is 16.4. The average Bonchev–Trinajstić information content (AvgIpc) is 2.81. The number of halogens is 1. The molecule has 2 aromatic carbocycles. The summed E-state index contributed by atoms with van der Waals surface area (Å²) in [5, 5.41) is 13.6. The highest BCUT2D eigenvalue weighted by atomic mass is 127. The van der Waals surface area contributed by atoms with Crippen LogP contribution in [0.2, 0.25) is 0 Å². The van der Waals surface area contributed by atoms with Crippen molar-refractivity contribution in [1.29, 1.82) is 0 Å². The molecule has 1 aliphatic rings. The largest absolute Gasteiger partial charge is 0.506 e. The number of nitrogens with zero attached hydrogens (tertiary/aromatic N) is 3. The second-order valence-corrected chi connectivity index (χ2v) is 7.18. The minimum absolute atomic E-state index is 0. The van der Waals surface area contributed by atoms with Crippen LogP contribution in [0.4, 0.5) is 5.69 Å². The second kappa shape index (κ2) is 12.5. The normalized spacial score (nSPS) is 13.9. The summed E-state index contributed by atoms with van der Waals surface area (Å²) in [5.41, 5.74) is 1.91. The van der Waals surface area contributed by atoms with Gasteiger partial charge >= 0.3 is 0 Å². The topological polar surface area (TPSA) is 78.8 Å². The minimum atomic E-state index is 0. The number of aliphatic imine (C=N–C) groups is 1. The molecular formula is C23H33IN4O4. The van der Waals surface area contributed by atoms with Crippen molar-refractivity contribution >= 4 is 35.6 Å². The SMILES string of the molecule is CN=C(NCCc1ccc(OC)c(OC)c1OC)N1CCN(c2ccccc2O)CC1.I. The van der Waals surface area contributed by atoms with Crippen LogP contribution in [0.25, 0.3) is 0 Å². The Kier molecular flexibility index (Phi) is 10.0. The number of hydrogen-bond acceptors (Lipinski definition) is 6. The summed E-state index contributed by atoms with van der Waals surface area (Å²) >= 11 is 0. The predicted molar refractivity (Wildman–Crippen MR) is 138 cm³/mol. The molecule has 0 saturated carbocycles. The first kappa shape index (κ1) is 25.7. The van der Waals surface area contributed by atoms with Crippen LogP contribution in [0.5, 0.6) is 23.0 Å². The number of piperazine rings is 1. The van der Waals surface area contributed by atoms with E-state index in [4.69, 9.17) is 14.2 Å². The molecular weight excluding hydrogens is 523 g/mol. The Hall–Kier alpha value is -2.56. The first-order valence-corrected chi connectivity index (χ1v) is 10.4. The molecule has 0 aliphatic carbocycles. The van der Waals surface area contributed by atoms with E-state index in [0.29, 0.717) is 29.5 Å². The number of phenolic OH excluding ortho intramolecular Hbond substituents is 1. The molecule has 9 heteroatoms. The number of ether oxygens (including phenoxy) is 3. The van der Waals surface area contributed by atoms with Crippen molar-refractivity contribution in [3.8, 4) is 23.0 Å². The number of rotatable bonds is 7. The number of methoxy groups -OCH3 is 3. The fraction of sp³-hybridized carbons (Fsp3) is 0.435. The zero-order valence-corrected chi connectivity index (χ0v) is 21.5. The van der Waals surface area contributed by atoms with Crippen molar-refractivity contribution in [2.75, 3.05) is 66.0 Å². The fourth-order valence-electron chi connectivity index (χ4n) is 3.89. The Bertz CT molecular complexity index is 902. The van der Waals surface area contributed by atoms with Gasteiger partial charge in [0.1, 0.15) is 5.75 Å². The van der Waals surface area contributed by atoms with Gasteiger partial charge in [-0.3, -0.25) is 4.99 Å². The van der Waals surface area contributed by atoms with Crippen LogP contribution in [0.1, 0.15) is 5.56 Å². The van der Waals surface area contributed by atoms with Gasteiger partial charge in [-0.2, -0.15) is 0 Å². The summed E-state index contributed by atoms with van der Waals surface area (Å²) in [7, 11) is 6.66. The van der Waals surface area contributed by atoms with Crippen LogP contribution < -0.4 is 24.4 Å². The lowest BCUT2D eigenvalue weighted by atomic mass is 10.1. The molecule has 1 fully saturated rings. The molecule has 1 saturated heterocycles. The van der Waals surface area contributed by atoms with Gasteiger partial charge in [-0.1, -0.05) is 18.2 Å². The summed E-state index contributed by atoms with van der Waals surface area (Å²) in [6, 6.07) is 11.4. The second-order valence-electron chi connectivity index (χ2n) is 7.18.